The van der Waals surface area contributed by atoms with Crippen molar-refractivity contribution in [3.8, 4) is 0 Å². The molecule has 1 aliphatic rings. The molecule has 6 heteroatoms. The summed E-state index contributed by atoms with van der Waals surface area (Å²) in [4.78, 5) is 5.17. The van der Waals surface area contributed by atoms with Crippen LogP contribution in [0.1, 0.15) is 11.8 Å². The summed E-state index contributed by atoms with van der Waals surface area (Å²) in [5.41, 5.74) is 5.61. The molecule has 0 spiro atoms. The van der Waals surface area contributed by atoms with Crippen molar-refractivity contribution < 1.29 is 0 Å². The average Bonchev–Trinajstić information content (AvgIpc) is 2.69. The summed E-state index contributed by atoms with van der Waals surface area (Å²) in [6.45, 7) is 2.04. The Morgan fingerprint density at radius 1 is 1.57 bits per heavy atom. The van der Waals surface area contributed by atoms with Crippen LogP contribution in [0.25, 0.3) is 0 Å². The lowest BCUT2D eigenvalue weighted by atomic mass is 10.4. The largest absolute Gasteiger partial charge is 0.367 e. The summed E-state index contributed by atoms with van der Waals surface area (Å²) in [5.74, 6) is 1.94. The molecule has 0 amide bonds. The number of hydrogen-bond donors (Lipinski definition) is 1. The molecule has 1 aliphatic heterocycles. The third kappa shape index (κ3) is 1.91. The molecular weight excluding hydrogens is 216 g/mol. The Kier molecular flexibility index (Phi) is 2.74. The van der Waals surface area contributed by atoms with E-state index >= 15 is 0 Å². The zero-order valence-corrected chi connectivity index (χ0v) is 9.31. The third-order valence-electron chi connectivity index (χ3n) is 1.61. The van der Waals surface area contributed by atoms with Crippen molar-refractivity contribution >= 4 is 34.0 Å². The molecule has 74 valence electrons. The molecular formula is C8H10N4S2. The van der Waals surface area contributed by atoms with E-state index in [4.69, 9.17) is 5.73 Å². The van der Waals surface area contributed by atoms with Gasteiger partial charge in [-0.2, -0.15) is 13.8 Å². The van der Waals surface area contributed by atoms with Crippen molar-refractivity contribution in [1.82, 2.24) is 0 Å². The highest BCUT2D eigenvalue weighted by Crippen LogP contribution is 2.14. The smallest absolute Gasteiger partial charge is 0.229 e. The highest BCUT2D eigenvalue weighted by Gasteiger charge is 2.09. The number of thiophene rings is 1. The summed E-state index contributed by atoms with van der Waals surface area (Å²) in [6.07, 6.45) is 0. The first-order chi connectivity index (χ1) is 6.79. The van der Waals surface area contributed by atoms with E-state index in [9.17, 15) is 0 Å². The normalized spacial score (nSPS) is 21.1. The molecule has 1 aromatic rings. The molecule has 0 aromatic carbocycles. The van der Waals surface area contributed by atoms with Gasteiger partial charge < -0.3 is 5.73 Å². The first kappa shape index (κ1) is 9.54. The van der Waals surface area contributed by atoms with Crippen LogP contribution in [0.2, 0.25) is 0 Å². The predicted molar refractivity (Wildman–Crippen MR) is 62.8 cm³/mol. The molecule has 1 unspecified atom stereocenters. The maximum absolute atomic E-state index is 5.61. The Morgan fingerprint density at radius 2 is 2.43 bits per heavy atom. The van der Waals surface area contributed by atoms with Crippen LogP contribution in [0.5, 0.6) is 0 Å². The molecule has 0 fully saturated rings. The summed E-state index contributed by atoms with van der Waals surface area (Å²) in [5, 5.41) is 2.00. The summed E-state index contributed by atoms with van der Waals surface area (Å²) < 4.78 is 8.55. The molecule has 14 heavy (non-hydrogen) atoms. The minimum atomic E-state index is -0.333. The topological polar surface area (TPSA) is 63.1 Å². The number of guanidine groups is 1. The second-order valence-corrected chi connectivity index (χ2v) is 5.15. The number of aliphatic imine (C=N–C) groups is 1. The maximum atomic E-state index is 5.61. The zero-order chi connectivity index (χ0) is 9.97. The molecule has 2 N–H and O–H groups in total. The monoisotopic (exact) mass is 226 g/mol. The molecule has 4 nitrogen and oxygen atoms in total. The SMILES string of the molecule is CCS1=NC(N)=NC(c2cccs2)=N1. The first-order valence-electron chi connectivity index (χ1n) is 4.19. The van der Waals surface area contributed by atoms with Crippen molar-refractivity contribution in [2.75, 3.05) is 5.75 Å². The van der Waals surface area contributed by atoms with Crippen LogP contribution < -0.4 is 5.73 Å². The fraction of sp³-hybridized carbons (Fsp3) is 0.250. The molecule has 0 bridgehead atoms. The Morgan fingerprint density at radius 3 is 3.07 bits per heavy atom. The lowest BCUT2D eigenvalue weighted by Gasteiger charge is -2.06. The zero-order valence-electron chi connectivity index (χ0n) is 7.67. The predicted octanol–water partition coefficient (Wildman–Crippen LogP) is 1.56. The third-order valence-corrected chi connectivity index (χ3v) is 3.77. The Labute approximate surface area is 88.8 Å². The number of nitrogens with zero attached hydrogens (tertiary/aromatic N) is 3. The van der Waals surface area contributed by atoms with E-state index in [-0.39, 0.29) is 10.9 Å². The lowest BCUT2D eigenvalue weighted by molar-refractivity contribution is 1.42. The van der Waals surface area contributed by atoms with Gasteiger partial charge in [0.2, 0.25) is 5.96 Å². The van der Waals surface area contributed by atoms with E-state index in [1.165, 1.54) is 0 Å². The maximum Gasteiger partial charge on any atom is 0.229 e. The minimum Gasteiger partial charge on any atom is -0.367 e. The Bertz CT molecular complexity index is 417. The number of hydrogen-bond acceptors (Lipinski definition) is 5. The minimum absolute atomic E-state index is 0.333. The van der Waals surface area contributed by atoms with Gasteiger partial charge in [0, 0.05) is 16.6 Å². The van der Waals surface area contributed by atoms with Gasteiger partial charge in [-0.25, -0.2) is 0 Å². The van der Waals surface area contributed by atoms with Gasteiger partial charge in [0.15, 0.2) is 5.84 Å². The van der Waals surface area contributed by atoms with E-state index in [1.54, 1.807) is 11.3 Å². The quantitative estimate of drug-likeness (QED) is 0.817. The number of nitrogens with two attached hydrogens (primary N) is 1. The van der Waals surface area contributed by atoms with Gasteiger partial charge in [-0.1, -0.05) is 13.0 Å². The van der Waals surface area contributed by atoms with Crippen molar-refractivity contribution in [3.05, 3.63) is 22.4 Å². The molecule has 0 aliphatic carbocycles. The van der Waals surface area contributed by atoms with Gasteiger partial charge in [-0.15, -0.1) is 11.3 Å². The van der Waals surface area contributed by atoms with Crippen LogP contribution >= 0.6 is 11.3 Å². The Balaban J connectivity index is 2.39. The highest BCUT2D eigenvalue weighted by atomic mass is 32.2. The van der Waals surface area contributed by atoms with Gasteiger partial charge in [0.05, 0.1) is 4.88 Å². The second-order valence-electron chi connectivity index (χ2n) is 2.58. The van der Waals surface area contributed by atoms with Gasteiger partial charge in [-0.05, 0) is 11.4 Å². The van der Waals surface area contributed by atoms with Gasteiger partial charge in [0.25, 0.3) is 0 Å². The van der Waals surface area contributed by atoms with Crippen molar-refractivity contribution in [3.63, 3.8) is 0 Å². The van der Waals surface area contributed by atoms with Gasteiger partial charge >= 0.3 is 0 Å². The van der Waals surface area contributed by atoms with E-state index in [1.807, 2.05) is 24.4 Å². The van der Waals surface area contributed by atoms with Gasteiger partial charge in [0.1, 0.15) is 0 Å². The Hall–Kier alpha value is -1.01. The summed E-state index contributed by atoms with van der Waals surface area (Å²) in [7, 11) is -0.333. The molecule has 2 rings (SSSR count). The van der Waals surface area contributed by atoms with Crippen LogP contribution in [-0.2, 0) is 10.9 Å². The fourth-order valence-corrected chi connectivity index (χ4v) is 2.62. The van der Waals surface area contributed by atoms with Crippen LogP contribution in [0.15, 0.2) is 31.3 Å². The van der Waals surface area contributed by atoms with Crippen LogP contribution in [0.3, 0.4) is 0 Å². The van der Waals surface area contributed by atoms with E-state index in [0.29, 0.717) is 5.96 Å². The van der Waals surface area contributed by atoms with Gasteiger partial charge in [-0.3, -0.25) is 0 Å². The van der Waals surface area contributed by atoms with E-state index in [2.05, 4.69) is 13.8 Å². The number of amidine groups is 1. The van der Waals surface area contributed by atoms with Crippen molar-refractivity contribution in [2.45, 2.75) is 6.92 Å². The molecule has 2 heterocycles. The van der Waals surface area contributed by atoms with Crippen LogP contribution in [0, 0.1) is 0 Å². The average molecular weight is 226 g/mol. The second kappa shape index (κ2) is 4.02. The molecule has 1 aromatic heterocycles. The molecule has 1 atom stereocenters. The number of rotatable bonds is 2. The fourth-order valence-electron chi connectivity index (χ4n) is 1.01. The lowest BCUT2D eigenvalue weighted by Crippen LogP contribution is -2.17. The van der Waals surface area contributed by atoms with Crippen molar-refractivity contribution in [1.29, 1.82) is 0 Å². The van der Waals surface area contributed by atoms with E-state index in [0.717, 1.165) is 16.5 Å². The van der Waals surface area contributed by atoms with Crippen LogP contribution in [0.4, 0.5) is 0 Å². The van der Waals surface area contributed by atoms with E-state index < -0.39 is 0 Å². The first-order valence-corrected chi connectivity index (χ1v) is 6.38. The van der Waals surface area contributed by atoms with Crippen LogP contribution in [-0.4, -0.2) is 17.5 Å². The highest BCUT2D eigenvalue weighted by molar-refractivity contribution is 7.86. The van der Waals surface area contributed by atoms with Crippen molar-refractivity contribution in [2.24, 2.45) is 19.5 Å². The standard InChI is InChI=1S/C8H10N4S2/c1-2-14-11-7(10-8(9)12-14)6-4-3-5-13-6/h3-5H,2H2,1H3,(H2,9,10,11,12). The molecule has 0 saturated heterocycles. The molecule has 0 radical (unpaired) electrons. The molecule has 0 saturated carbocycles. The summed E-state index contributed by atoms with van der Waals surface area (Å²) in [6, 6.07) is 3.97. The summed E-state index contributed by atoms with van der Waals surface area (Å²) >= 11 is 1.61.